The molecule has 3 heterocycles. The molecule has 1 unspecified atom stereocenters. The third-order valence-corrected chi connectivity index (χ3v) is 6.94. The number of nitrogens with one attached hydrogen (secondary N) is 1. The third-order valence-electron chi connectivity index (χ3n) is 6.94. The van der Waals surface area contributed by atoms with Gasteiger partial charge in [-0.25, -0.2) is 4.99 Å². The Hall–Kier alpha value is -0.860. The zero-order chi connectivity index (χ0) is 20.1. The largest absolute Gasteiger partial charge is 0.381 e. The molecule has 1 aromatic rings. The second-order valence-electron chi connectivity index (χ2n) is 9.42. The van der Waals surface area contributed by atoms with Gasteiger partial charge in [-0.2, -0.15) is 0 Å². The van der Waals surface area contributed by atoms with Gasteiger partial charge in [0.05, 0.1) is 13.2 Å². The van der Waals surface area contributed by atoms with Crippen molar-refractivity contribution in [3.63, 3.8) is 0 Å². The lowest BCUT2D eigenvalue weighted by Crippen LogP contribution is -2.41. The van der Waals surface area contributed by atoms with Gasteiger partial charge >= 0.3 is 0 Å². The van der Waals surface area contributed by atoms with Gasteiger partial charge in [-0.05, 0) is 62.7 Å². The lowest BCUT2D eigenvalue weighted by atomic mass is 9.87. The molecule has 30 heavy (non-hydrogen) atoms. The fourth-order valence-electron chi connectivity index (χ4n) is 4.98. The number of nitrogens with zero attached hydrogens (tertiary/aromatic N) is 3. The highest BCUT2D eigenvalue weighted by Crippen LogP contribution is 2.38. The maximum atomic E-state index is 5.69. The lowest BCUT2D eigenvalue weighted by molar-refractivity contribution is 0.156. The molecule has 0 bridgehead atoms. The summed E-state index contributed by atoms with van der Waals surface area (Å²) in [5, 5.41) is 3.51. The van der Waals surface area contributed by atoms with Crippen molar-refractivity contribution in [2.24, 2.45) is 16.3 Å². The van der Waals surface area contributed by atoms with Gasteiger partial charge < -0.3 is 15.0 Å². The minimum Gasteiger partial charge on any atom is -0.381 e. The van der Waals surface area contributed by atoms with Crippen LogP contribution in [0, 0.1) is 11.3 Å². The highest BCUT2D eigenvalue weighted by Gasteiger charge is 2.42. The predicted octanol–water partition coefficient (Wildman–Crippen LogP) is 4.11. The van der Waals surface area contributed by atoms with Crippen LogP contribution in [-0.4, -0.2) is 61.7 Å². The van der Waals surface area contributed by atoms with E-state index in [4.69, 9.17) is 9.73 Å². The normalized spacial score (nSPS) is 25.7. The summed E-state index contributed by atoms with van der Waals surface area (Å²) in [6.45, 7) is 13.7. The van der Waals surface area contributed by atoms with Gasteiger partial charge in [-0.3, -0.25) is 4.90 Å². The molecule has 1 atom stereocenters. The van der Waals surface area contributed by atoms with Crippen molar-refractivity contribution < 1.29 is 4.74 Å². The highest BCUT2D eigenvalue weighted by molar-refractivity contribution is 14.0. The molecule has 3 fully saturated rings. The van der Waals surface area contributed by atoms with E-state index >= 15 is 0 Å². The molecule has 168 valence electrons. The maximum absolute atomic E-state index is 5.69. The molecular weight excluding hydrogens is 487 g/mol. The SMILES string of the molecule is CCNC(=NCc1cccc(CN2CCC(C)CC2)c1)N1CCC2(CCOC2)C1.I. The summed E-state index contributed by atoms with van der Waals surface area (Å²) in [4.78, 5) is 10.0. The molecule has 6 heteroatoms. The molecule has 3 aliphatic heterocycles. The van der Waals surface area contributed by atoms with Crippen LogP contribution in [0.15, 0.2) is 29.3 Å². The Bertz CT molecular complexity index is 696. The van der Waals surface area contributed by atoms with E-state index in [-0.39, 0.29) is 24.0 Å². The maximum Gasteiger partial charge on any atom is 0.194 e. The van der Waals surface area contributed by atoms with Crippen molar-refractivity contribution in [3.05, 3.63) is 35.4 Å². The number of guanidine groups is 1. The molecule has 0 saturated carbocycles. The van der Waals surface area contributed by atoms with Crippen LogP contribution in [-0.2, 0) is 17.8 Å². The second-order valence-corrected chi connectivity index (χ2v) is 9.42. The molecule has 5 nitrogen and oxygen atoms in total. The van der Waals surface area contributed by atoms with E-state index in [0.717, 1.165) is 57.8 Å². The number of likely N-dealkylation sites (tertiary alicyclic amines) is 2. The number of halogens is 1. The molecule has 3 saturated heterocycles. The van der Waals surface area contributed by atoms with Gasteiger partial charge in [0.2, 0.25) is 0 Å². The summed E-state index contributed by atoms with van der Waals surface area (Å²) in [7, 11) is 0. The molecule has 0 radical (unpaired) electrons. The van der Waals surface area contributed by atoms with E-state index in [1.807, 2.05) is 0 Å². The molecule has 1 spiro atoms. The Balaban J connectivity index is 0.00000256. The number of piperidine rings is 1. The van der Waals surface area contributed by atoms with Crippen molar-refractivity contribution >= 4 is 29.9 Å². The summed E-state index contributed by atoms with van der Waals surface area (Å²) in [5.74, 6) is 1.95. The van der Waals surface area contributed by atoms with Crippen molar-refractivity contribution in [3.8, 4) is 0 Å². The summed E-state index contributed by atoms with van der Waals surface area (Å²) >= 11 is 0. The zero-order valence-electron chi connectivity index (χ0n) is 18.7. The van der Waals surface area contributed by atoms with E-state index in [1.54, 1.807) is 0 Å². The molecule has 0 aliphatic carbocycles. The number of ether oxygens (including phenoxy) is 1. The van der Waals surface area contributed by atoms with Gasteiger partial charge in [0.15, 0.2) is 5.96 Å². The monoisotopic (exact) mass is 526 g/mol. The molecule has 3 aliphatic rings. The van der Waals surface area contributed by atoms with Crippen LogP contribution in [0.2, 0.25) is 0 Å². The van der Waals surface area contributed by atoms with E-state index < -0.39 is 0 Å². The quantitative estimate of drug-likeness (QED) is 0.356. The molecule has 1 N–H and O–H groups in total. The summed E-state index contributed by atoms with van der Waals surface area (Å²) in [5.41, 5.74) is 3.09. The smallest absolute Gasteiger partial charge is 0.194 e. The van der Waals surface area contributed by atoms with Crippen molar-refractivity contribution in [1.29, 1.82) is 0 Å². The number of hydrogen-bond donors (Lipinski definition) is 1. The molecule has 1 aromatic carbocycles. The molecular formula is C24H39IN4O. The first-order valence-electron chi connectivity index (χ1n) is 11.6. The number of rotatable bonds is 5. The minimum absolute atomic E-state index is 0. The van der Waals surface area contributed by atoms with Crippen LogP contribution in [0.1, 0.15) is 50.7 Å². The first kappa shape index (κ1) is 23.8. The molecule has 0 aromatic heterocycles. The lowest BCUT2D eigenvalue weighted by Gasteiger charge is -2.30. The van der Waals surface area contributed by atoms with Crippen molar-refractivity contribution in [2.75, 3.05) is 45.9 Å². The van der Waals surface area contributed by atoms with Crippen LogP contribution in [0.4, 0.5) is 0 Å². The van der Waals surface area contributed by atoms with E-state index in [0.29, 0.717) is 5.41 Å². The fourth-order valence-corrected chi connectivity index (χ4v) is 4.98. The van der Waals surface area contributed by atoms with Gasteiger partial charge in [0, 0.05) is 38.2 Å². The Labute approximate surface area is 199 Å². The van der Waals surface area contributed by atoms with Crippen LogP contribution in [0.3, 0.4) is 0 Å². The number of benzene rings is 1. The van der Waals surface area contributed by atoms with Gasteiger partial charge in [-0.15, -0.1) is 24.0 Å². The Kier molecular flexibility index (Phi) is 8.83. The fraction of sp³-hybridized carbons (Fsp3) is 0.708. The van der Waals surface area contributed by atoms with Crippen LogP contribution < -0.4 is 5.32 Å². The minimum atomic E-state index is 0. The Morgan fingerprint density at radius 3 is 2.73 bits per heavy atom. The van der Waals surface area contributed by atoms with Crippen LogP contribution >= 0.6 is 24.0 Å². The first-order chi connectivity index (χ1) is 14.2. The summed E-state index contributed by atoms with van der Waals surface area (Å²) in [6.07, 6.45) is 5.08. The number of aliphatic imine (C=N–C) groups is 1. The highest BCUT2D eigenvalue weighted by atomic mass is 127. The Morgan fingerprint density at radius 1 is 1.20 bits per heavy atom. The Morgan fingerprint density at radius 2 is 2.00 bits per heavy atom. The second kappa shape index (κ2) is 11.1. The standard InChI is InChI=1S/C24H38N4O.HI/c1-3-25-23(28-13-9-24(18-28)10-14-29-19-24)26-16-21-5-4-6-22(15-21)17-27-11-7-20(2)8-12-27;/h4-6,15,20H,3,7-14,16-19H2,1-2H3,(H,25,26);1H. The molecule has 0 amide bonds. The first-order valence-corrected chi connectivity index (χ1v) is 11.6. The van der Waals surface area contributed by atoms with Gasteiger partial charge in [-0.1, -0.05) is 31.2 Å². The predicted molar refractivity (Wildman–Crippen MR) is 134 cm³/mol. The van der Waals surface area contributed by atoms with Gasteiger partial charge in [0.1, 0.15) is 0 Å². The summed E-state index contributed by atoms with van der Waals surface area (Å²) in [6, 6.07) is 9.02. The van der Waals surface area contributed by atoms with Crippen LogP contribution in [0.5, 0.6) is 0 Å². The average molecular weight is 527 g/mol. The van der Waals surface area contributed by atoms with Gasteiger partial charge in [0.25, 0.3) is 0 Å². The average Bonchev–Trinajstić information content (AvgIpc) is 3.37. The van der Waals surface area contributed by atoms with Crippen molar-refractivity contribution in [2.45, 2.75) is 52.6 Å². The van der Waals surface area contributed by atoms with E-state index in [2.05, 4.69) is 53.2 Å². The van der Waals surface area contributed by atoms with Crippen molar-refractivity contribution in [1.82, 2.24) is 15.1 Å². The number of hydrogen-bond acceptors (Lipinski definition) is 3. The zero-order valence-corrected chi connectivity index (χ0v) is 21.1. The molecule has 4 rings (SSSR count). The van der Waals surface area contributed by atoms with Crippen LogP contribution in [0.25, 0.3) is 0 Å². The summed E-state index contributed by atoms with van der Waals surface area (Å²) < 4.78 is 5.69. The topological polar surface area (TPSA) is 40.1 Å². The van der Waals surface area contributed by atoms with E-state index in [9.17, 15) is 0 Å². The van der Waals surface area contributed by atoms with E-state index in [1.165, 1.54) is 49.9 Å². The third kappa shape index (κ3) is 6.10.